The summed E-state index contributed by atoms with van der Waals surface area (Å²) in [5.74, 6) is 1.41. The Bertz CT molecular complexity index is 388. The van der Waals surface area contributed by atoms with Gasteiger partial charge in [0.1, 0.15) is 0 Å². The van der Waals surface area contributed by atoms with Crippen LogP contribution in [0.15, 0.2) is 18.2 Å². The first-order valence-electron chi connectivity index (χ1n) is 6.91. The van der Waals surface area contributed by atoms with Crippen molar-refractivity contribution in [1.82, 2.24) is 0 Å². The van der Waals surface area contributed by atoms with Gasteiger partial charge in [-0.25, -0.2) is 0 Å². The molecule has 5 heteroatoms. The molecule has 0 saturated heterocycles. The molecule has 2 nitrogen and oxygen atoms in total. The van der Waals surface area contributed by atoms with Gasteiger partial charge in [-0.15, -0.1) is 0 Å². The number of aliphatic hydroxyl groups is 1. The molecule has 0 radical (unpaired) electrons. The number of rotatable bonds is 10. The van der Waals surface area contributed by atoms with Gasteiger partial charge in [0.2, 0.25) is 0 Å². The number of halogens is 2. The van der Waals surface area contributed by atoms with Gasteiger partial charge in [0.05, 0.1) is 12.7 Å². The minimum Gasteiger partial charge on any atom is -0.390 e. The van der Waals surface area contributed by atoms with Crippen molar-refractivity contribution >= 4 is 35.0 Å². The molecule has 1 aromatic carbocycles. The summed E-state index contributed by atoms with van der Waals surface area (Å²) in [4.78, 5) is 0. The summed E-state index contributed by atoms with van der Waals surface area (Å²) in [6.07, 6.45) is 3.01. The molecule has 0 fully saturated rings. The lowest BCUT2D eigenvalue weighted by atomic mass is 10.2. The van der Waals surface area contributed by atoms with E-state index in [0.717, 1.165) is 24.3 Å². The van der Waals surface area contributed by atoms with E-state index in [1.165, 1.54) is 12.8 Å². The van der Waals surface area contributed by atoms with E-state index >= 15 is 0 Å². The molecule has 0 aliphatic rings. The number of ether oxygens (including phenoxy) is 1. The monoisotopic (exact) mass is 336 g/mol. The summed E-state index contributed by atoms with van der Waals surface area (Å²) < 4.78 is 5.43. The lowest BCUT2D eigenvalue weighted by Crippen LogP contribution is -2.18. The third kappa shape index (κ3) is 7.75. The maximum atomic E-state index is 9.80. The summed E-state index contributed by atoms with van der Waals surface area (Å²) in [6, 6.07) is 5.49. The van der Waals surface area contributed by atoms with Crippen LogP contribution in [0.25, 0.3) is 0 Å². The zero-order valence-electron chi connectivity index (χ0n) is 11.8. The van der Waals surface area contributed by atoms with Crippen molar-refractivity contribution in [2.75, 3.05) is 19.0 Å². The Morgan fingerprint density at radius 1 is 1.30 bits per heavy atom. The van der Waals surface area contributed by atoms with E-state index < -0.39 is 6.10 Å². The Hall–Kier alpha value is 0.0700. The zero-order chi connectivity index (χ0) is 14.8. The molecule has 0 bridgehead atoms. The third-order valence-corrected chi connectivity index (χ3v) is 4.51. The van der Waals surface area contributed by atoms with Crippen LogP contribution in [-0.2, 0) is 10.5 Å². The molecule has 1 unspecified atom stereocenters. The van der Waals surface area contributed by atoms with E-state index in [9.17, 15) is 5.11 Å². The first-order chi connectivity index (χ1) is 9.63. The van der Waals surface area contributed by atoms with Crippen LogP contribution in [0.5, 0.6) is 0 Å². The second kappa shape index (κ2) is 10.7. The van der Waals surface area contributed by atoms with E-state index in [-0.39, 0.29) is 0 Å². The van der Waals surface area contributed by atoms with Gasteiger partial charge in [-0.2, -0.15) is 11.8 Å². The molecule has 0 spiro atoms. The number of thioether (sulfide) groups is 1. The lowest BCUT2D eigenvalue weighted by molar-refractivity contribution is 0.0469. The van der Waals surface area contributed by atoms with E-state index in [0.29, 0.717) is 22.4 Å². The second-order valence-electron chi connectivity index (χ2n) is 4.69. The molecule has 0 amide bonds. The van der Waals surface area contributed by atoms with Crippen LogP contribution in [0, 0.1) is 0 Å². The molecule has 0 saturated carbocycles. The fraction of sp³-hybridized carbons (Fsp3) is 0.600. The van der Waals surface area contributed by atoms with E-state index in [2.05, 4.69) is 6.92 Å². The van der Waals surface area contributed by atoms with Crippen molar-refractivity contribution in [3.8, 4) is 0 Å². The lowest BCUT2D eigenvalue weighted by Gasteiger charge is -2.11. The minimum atomic E-state index is -0.423. The number of aliphatic hydroxyl groups excluding tert-OH is 1. The largest absolute Gasteiger partial charge is 0.390 e. The van der Waals surface area contributed by atoms with Crippen LogP contribution in [0.1, 0.15) is 31.7 Å². The highest BCUT2D eigenvalue weighted by Gasteiger charge is 2.06. The van der Waals surface area contributed by atoms with Crippen LogP contribution in [0.2, 0.25) is 10.0 Å². The average Bonchev–Trinajstić information content (AvgIpc) is 2.41. The normalized spacial score (nSPS) is 12.6. The Balaban J connectivity index is 2.13. The van der Waals surface area contributed by atoms with Crippen molar-refractivity contribution in [3.05, 3.63) is 33.8 Å². The van der Waals surface area contributed by atoms with E-state index in [4.69, 9.17) is 27.9 Å². The second-order valence-corrected chi connectivity index (χ2v) is 6.56. The zero-order valence-corrected chi connectivity index (χ0v) is 14.1. The fourth-order valence-electron chi connectivity index (χ4n) is 1.67. The Kier molecular flexibility index (Phi) is 9.74. The number of benzene rings is 1. The number of unbranched alkanes of at least 4 members (excludes halogenated alkanes) is 2. The molecular weight excluding hydrogens is 315 g/mol. The van der Waals surface area contributed by atoms with Crippen molar-refractivity contribution in [2.24, 2.45) is 0 Å². The van der Waals surface area contributed by atoms with Crippen molar-refractivity contribution in [1.29, 1.82) is 0 Å². The van der Waals surface area contributed by atoms with Crippen LogP contribution in [-0.4, -0.2) is 30.2 Å². The van der Waals surface area contributed by atoms with E-state index in [1.54, 1.807) is 17.8 Å². The topological polar surface area (TPSA) is 29.5 Å². The average molecular weight is 337 g/mol. The van der Waals surface area contributed by atoms with Crippen LogP contribution in [0.4, 0.5) is 0 Å². The van der Waals surface area contributed by atoms with Gasteiger partial charge in [0, 0.05) is 28.2 Å². The van der Waals surface area contributed by atoms with Gasteiger partial charge >= 0.3 is 0 Å². The highest BCUT2D eigenvalue weighted by molar-refractivity contribution is 7.98. The van der Waals surface area contributed by atoms with Gasteiger partial charge in [-0.1, -0.05) is 49.0 Å². The summed E-state index contributed by atoms with van der Waals surface area (Å²) >= 11 is 13.6. The van der Waals surface area contributed by atoms with Crippen molar-refractivity contribution in [2.45, 2.75) is 38.0 Å². The van der Waals surface area contributed by atoms with Gasteiger partial charge in [-0.05, 0) is 24.1 Å². The SMILES string of the molecule is CCCCCOCC(O)CSCc1ccc(Cl)cc1Cl. The summed E-state index contributed by atoms with van der Waals surface area (Å²) in [5, 5.41) is 11.1. The predicted octanol–water partition coefficient (Wildman–Crippen LogP) is 4.79. The molecule has 0 aliphatic carbocycles. The summed E-state index contributed by atoms with van der Waals surface area (Å²) in [7, 11) is 0. The molecule has 0 heterocycles. The van der Waals surface area contributed by atoms with Crippen LogP contribution in [0.3, 0.4) is 0 Å². The molecule has 1 aromatic rings. The molecule has 0 aliphatic heterocycles. The van der Waals surface area contributed by atoms with Gasteiger partial charge in [0.25, 0.3) is 0 Å². The Labute approximate surface area is 135 Å². The molecule has 20 heavy (non-hydrogen) atoms. The first-order valence-corrected chi connectivity index (χ1v) is 8.82. The predicted molar refractivity (Wildman–Crippen MR) is 89.0 cm³/mol. The van der Waals surface area contributed by atoms with E-state index in [1.807, 2.05) is 12.1 Å². The standard InChI is InChI=1S/C15H22Cl2O2S/c1-2-3-4-7-19-9-14(18)11-20-10-12-5-6-13(16)8-15(12)17/h5-6,8,14,18H,2-4,7,9-11H2,1H3. The molecule has 1 rings (SSSR count). The third-order valence-electron chi connectivity index (χ3n) is 2.79. The fourth-order valence-corrected chi connectivity index (χ4v) is 3.18. The number of hydrogen-bond acceptors (Lipinski definition) is 3. The molecule has 1 N–H and O–H groups in total. The molecule has 0 aromatic heterocycles. The Morgan fingerprint density at radius 3 is 2.80 bits per heavy atom. The smallest absolute Gasteiger partial charge is 0.0863 e. The molecule has 1 atom stereocenters. The number of hydrogen-bond donors (Lipinski definition) is 1. The molecule has 114 valence electrons. The summed E-state index contributed by atoms with van der Waals surface area (Å²) in [5.41, 5.74) is 1.04. The maximum Gasteiger partial charge on any atom is 0.0863 e. The maximum absolute atomic E-state index is 9.80. The van der Waals surface area contributed by atoms with Crippen molar-refractivity contribution < 1.29 is 9.84 Å². The van der Waals surface area contributed by atoms with Crippen LogP contribution >= 0.6 is 35.0 Å². The van der Waals surface area contributed by atoms with Crippen LogP contribution < -0.4 is 0 Å². The Morgan fingerprint density at radius 2 is 2.10 bits per heavy atom. The van der Waals surface area contributed by atoms with Gasteiger partial charge in [-0.3, -0.25) is 0 Å². The highest BCUT2D eigenvalue weighted by atomic mass is 35.5. The first kappa shape index (κ1) is 18.1. The minimum absolute atomic E-state index is 0.408. The summed E-state index contributed by atoms with van der Waals surface area (Å²) in [6.45, 7) is 3.30. The molecular formula is C15H22Cl2O2S. The quantitative estimate of drug-likeness (QED) is 0.622. The van der Waals surface area contributed by atoms with Gasteiger partial charge < -0.3 is 9.84 Å². The highest BCUT2D eigenvalue weighted by Crippen LogP contribution is 2.24. The van der Waals surface area contributed by atoms with Crippen molar-refractivity contribution in [3.63, 3.8) is 0 Å². The van der Waals surface area contributed by atoms with Gasteiger partial charge in [0.15, 0.2) is 0 Å².